The summed E-state index contributed by atoms with van der Waals surface area (Å²) in [6, 6.07) is 0. The van der Waals surface area contributed by atoms with Crippen molar-refractivity contribution in [1.29, 1.82) is 0 Å². The van der Waals surface area contributed by atoms with Crippen LogP contribution in [0.25, 0.3) is 0 Å². The molecule has 0 aromatic carbocycles. The number of allylic oxidation sites excluding steroid dienone is 3. The molecular formula is C11H12O2. The van der Waals surface area contributed by atoms with E-state index in [4.69, 9.17) is 0 Å². The molecule has 13 heavy (non-hydrogen) atoms. The van der Waals surface area contributed by atoms with E-state index in [2.05, 4.69) is 18.2 Å². The highest BCUT2D eigenvalue weighted by Gasteiger charge is 2.47. The first kappa shape index (κ1) is 7.51. The van der Waals surface area contributed by atoms with Crippen LogP contribution in [0.15, 0.2) is 24.3 Å². The summed E-state index contributed by atoms with van der Waals surface area (Å²) in [6.45, 7) is 0. The Hall–Kier alpha value is -0.890. The molecule has 3 aliphatic rings. The van der Waals surface area contributed by atoms with Gasteiger partial charge in [0, 0.05) is 12.3 Å². The molecule has 0 amide bonds. The Labute approximate surface area is 76.9 Å². The third-order valence-electron chi connectivity index (χ3n) is 3.68. The van der Waals surface area contributed by atoms with E-state index in [1.165, 1.54) is 0 Å². The van der Waals surface area contributed by atoms with Crippen LogP contribution in [0.1, 0.15) is 6.42 Å². The van der Waals surface area contributed by atoms with Gasteiger partial charge in [-0.1, -0.05) is 24.3 Å². The molecule has 0 aromatic heterocycles. The van der Waals surface area contributed by atoms with Gasteiger partial charge in [-0.25, -0.2) is 0 Å². The van der Waals surface area contributed by atoms with E-state index < -0.39 is 6.10 Å². The van der Waals surface area contributed by atoms with E-state index in [0.29, 0.717) is 24.2 Å². The summed E-state index contributed by atoms with van der Waals surface area (Å²) in [5.74, 6) is 1.41. The lowest BCUT2D eigenvalue weighted by atomic mass is 9.66. The highest BCUT2D eigenvalue weighted by molar-refractivity contribution is 5.85. The highest BCUT2D eigenvalue weighted by Crippen LogP contribution is 2.47. The Morgan fingerprint density at radius 1 is 1.15 bits per heavy atom. The molecule has 68 valence electrons. The van der Waals surface area contributed by atoms with Gasteiger partial charge in [-0.3, -0.25) is 4.79 Å². The number of ketones is 1. The molecule has 0 radical (unpaired) electrons. The molecule has 1 N–H and O–H groups in total. The fraction of sp³-hybridized carbons (Fsp3) is 0.545. The van der Waals surface area contributed by atoms with E-state index in [1.807, 2.05) is 6.08 Å². The average Bonchev–Trinajstić information content (AvgIpc) is 2.39. The van der Waals surface area contributed by atoms with Crippen LogP contribution < -0.4 is 0 Å². The lowest BCUT2D eigenvalue weighted by molar-refractivity contribution is -0.135. The predicted molar refractivity (Wildman–Crippen MR) is 47.9 cm³/mol. The van der Waals surface area contributed by atoms with Gasteiger partial charge in [0.25, 0.3) is 0 Å². The SMILES string of the molecule is O=C1CC2C3C=CC(C1O)C2C=C3. The van der Waals surface area contributed by atoms with E-state index in [-0.39, 0.29) is 11.7 Å². The molecule has 5 unspecified atom stereocenters. The van der Waals surface area contributed by atoms with Gasteiger partial charge in [0.15, 0.2) is 5.78 Å². The molecular weight excluding hydrogens is 164 g/mol. The van der Waals surface area contributed by atoms with Gasteiger partial charge in [0.2, 0.25) is 0 Å². The van der Waals surface area contributed by atoms with E-state index in [1.54, 1.807) is 0 Å². The maximum atomic E-state index is 11.4. The summed E-state index contributed by atoms with van der Waals surface area (Å²) in [6.07, 6.45) is 8.33. The monoisotopic (exact) mass is 176 g/mol. The van der Waals surface area contributed by atoms with Crippen LogP contribution in [0.3, 0.4) is 0 Å². The molecule has 3 rings (SSSR count). The van der Waals surface area contributed by atoms with Crippen LogP contribution in [0.5, 0.6) is 0 Å². The first-order chi connectivity index (χ1) is 6.27. The molecule has 4 bridgehead atoms. The second-order valence-corrected chi connectivity index (χ2v) is 4.28. The minimum absolute atomic E-state index is 0.0318. The third kappa shape index (κ3) is 0.841. The second-order valence-electron chi connectivity index (χ2n) is 4.28. The number of hydrogen-bond donors (Lipinski definition) is 1. The van der Waals surface area contributed by atoms with Gasteiger partial charge < -0.3 is 5.11 Å². The maximum Gasteiger partial charge on any atom is 0.162 e. The topological polar surface area (TPSA) is 37.3 Å². The van der Waals surface area contributed by atoms with Crippen molar-refractivity contribution < 1.29 is 9.90 Å². The Balaban J connectivity index is 2.06. The number of Topliss-reactive ketones (excluding diaryl/α,β-unsaturated/α-hetero) is 1. The van der Waals surface area contributed by atoms with Crippen molar-refractivity contribution in [2.45, 2.75) is 12.5 Å². The van der Waals surface area contributed by atoms with Crippen molar-refractivity contribution in [1.82, 2.24) is 0 Å². The van der Waals surface area contributed by atoms with Crippen molar-refractivity contribution in [2.75, 3.05) is 0 Å². The molecule has 5 atom stereocenters. The first-order valence-corrected chi connectivity index (χ1v) is 4.85. The Bertz CT molecular complexity index is 316. The van der Waals surface area contributed by atoms with Gasteiger partial charge in [-0.05, 0) is 17.8 Å². The highest BCUT2D eigenvalue weighted by atomic mass is 16.3. The van der Waals surface area contributed by atoms with Crippen molar-refractivity contribution >= 4 is 5.78 Å². The second kappa shape index (κ2) is 2.32. The normalized spacial score (nSPS) is 51.5. The van der Waals surface area contributed by atoms with Crippen LogP contribution in [-0.2, 0) is 4.79 Å². The molecule has 0 aromatic rings. The lowest BCUT2D eigenvalue weighted by Gasteiger charge is -2.39. The minimum atomic E-state index is -0.749. The smallest absolute Gasteiger partial charge is 0.162 e. The lowest BCUT2D eigenvalue weighted by Crippen LogP contribution is -2.44. The summed E-state index contributed by atoms with van der Waals surface area (Å²) in [7, 11) is 0. The van der Waals surface area contributed by atoms with Gasteiger partial charge in [0.05, 0.1) is 0 Å². The van der Waals surface area contributed by atoms with E-state index in [0.717, 1.165) is 0 Å². The quantitative estimate of drug-likeness (QED) is 0.557. The zero-order valence-corrected chi connectivity index (χ0v) is 7.26. The van der Waals surface area contributed by atoms with Crippen LogP contribution in [0.2, 0.25) is 0 Å². The van der Waals surface area contributed by atoms with Gasteiger partial charge in [-0.15, -0.1) is 0 Å². The number of aliphatic hydroxyl groups excluding tert-OH is 1. The van der Waals surface area contributed by atoms with Gasteiger partial charge >= 0.3 is 0 Å². The van der Waals surface area contributed by atoms with Gasteiger partial charge in [-0.2, -0.15) is 0 Å². The van der Waals surface area contributed by atoms with E-state index in [9.17, 15) is 9.90 Å². The van der Waals surface area contributed by atoms with E-state index >= 15 is 0 Å². The molecule has 1 saturated carbocycles. The first-order valence-electron chi connectivity index (χ1n) is 4.85. The largest absolute Gasteiger partial charge is 0.385 e. The fourth-order valence-electron chi connectivity index (χ4n) is 2.96. The fourth-order valence-corrected chi connectivity index (χ4v) is 2.96. The molecule has 0 saturated heterocycles. The number of rotatable bonds is 0. The Morgan fingerprint density at radius 3 is 2.62 bits per heavy atom. The number of carbonyl (C=O) groups is 1. The molecule has 2 nitrogen and oxygen atoms in total. The average molecular weight is 176 g/mol. The molecule has 3 aliphatic carbocycles. The van der Waals surface area contributed by atoms with Crippen LogP contribution >= 0.6 is 0 Å². The predicted octanol–water partition coefficient (Wildman–Crippen LogP) is 0.924. The van der Waals surface area contributed by atoms with Crippen LogP contribution in [0, 0.1) is 23.7 Å². The standard InChI is InChI=1S/C11H12O2/c12-10-5-9-6-1-3-7(9)8(4-2-6)11(10)13/h1-4,6-9,11,13H,5H2. The molecule has 0 aliphatic heterocycles. The van der Waals surface area contributed by atoms with Crippen molar-refractivity contribution in [3.05, 3.63) is 24.3 Å². The summed E-state index contributed by atoms with van der Waals surface area (Å²) >= 11 is 0. The van der Waals surface area contributed by atoms with Crippen molar-refractivity contribution in [2.24, 2.45) is 23.7 Å². The molecule has 0 spiro atoms. The molecule has 2 heteroatoms. The number of carbonyl (C=O) groups excluding carboxylic acids is 1. The molecule has 1 fully saturated rings. The maximum absolute atomic E-state index is 11.4. The van der Waals surface area contributed by atoms with Crippen molar-refractivity contribution in [3.8, 4) is 0 Å². The third-order valence-corrected chi connectivity index (χ3v) is 3.68. The van der Waals surface area contributed by atoms with Crippen LogP contribution in [0.4, 0.5) is 0 Å². The van der Waals surface area contributed by atoms with Gasteiger partial charge in [0.1, 0.15) is 6.10 Å². The summed E-state index contributed by atoms with van der Waals surface area (Å²) in [5, 5.41) is 9.67. The zero-order chi connectivity index (χ0) is 9.00. The number of aliphatic hydroxyl groups is 1. The summed E-state index contributed by atoms with van der Waals surface area (Å²) < 4.78 is 0. The Kier molecular flexibility index (Phi) is 1.34. The van der Waals surface area contributed by atoms with Crippen molar-refractivity contribution in [3.63, 3.8) is 0 Å². The van der Waals surface area contributed by atoms with Crippen LogP contribution in [-0.4, -0.2) is 17.0 Å². The molecule has 0 heterocycles. The Morgan fingerprint density at radius 2 is 1.85 bits per heavy atom. The summed E-state index contributed by atoms with van der Waals surface area (Å²) in [4.78, 5) is 11.4. The minimum Gasteiger partial charge on any atom is -0.385 e. The summed E-state index contributed by atoms with van der Waals surface area (Å²) in [5.41, 5.74) is 0. The number of hydrogen-bond acceptors (Lipinski definition) is 2. The zero-order valence-electron chi connectivity index (χ0n) is 7.26.